The van der Waals surface area contributed by atoms with Crippen molar-refractivity contribution in [3.8, 4) is 11.4 Å². The smallest absolute Gasteiger partial charge is 0.252 e. The fraction of sp³-hybridized carbons (Fsp3) is 0.130. The molecule has 31 heavy (non-hydrogen) atoms. The van der Waals surface area contributed by atoms with Gasteiger partial charge < -0.3 is 16.6 Å². The third-order valence-electron chi connectivity index (χ3n) is 5.15. The van der Waals surface area contributed by atoms with Gasteiger partial charge in [0.1, 0.15) is 16.7 Å². The fourth-order valence-corrected chi connectivity index (χ4v) is 3.65. The molecule has 0 fully saturated rings. The number of carbonyl (C=O) groups is 2. The summed E-state index contributed by atoms with van der Waals surface area (Å²) in [5.74, 6) is -2.10. The quantitative estimate of drug-likeness (QED) is 0.444. The number of hydrogen-bond acceptors (Lipinski definition) is 5. The van der Waals surface area contributed by atoms with Crippen molar-refractivity contribution in [3.05, 3.63) is 82.4 Å². The van der Waals surface area contributed by atoms with Gasteiger partial charge in [0.2, 0.25) is 0 Å². The number of aromatic nitrogens is 3. The second kappa shape index (κ2) is 7.91. The van der Waals surface area contributed by atoms with Gasteiger partial charge in [-0.25, -0.2) is 0 Å². The first kappa shape index (κ1) is 20.1. The van der Waals surface area contributed by atoms with Crippen LogP contribution in [0.3, 0.4) is 0 Å². The number of phenols is 1. The van der Waals surface area contributed by atoms with Crippen molar-refractivity contribution in [1.82, 2.24) is 15.0 Å². The summed E-state index contributed by atoms with van der Waals surface area (Å²) in [6.07, 6.45) is 1.16. The van der Waals surface area contributed by atoms with Crippen molar-refractivity contribution in [1.29, 1.82) is 0 Å². The minimum Gasteiger partial charge on any atom is -0.505 e. The van der Waals surface area contributed by atoms with Gasteiger partial charge in [-0.05, 0) is 47.7 Å². The number of carbonyl (C=O) groups excluding carboxylic acids is 2. The Labute approximate surface area is 178 Å². The summed E-state index contributed by atoms with van der Waals surface area (Å²) in [4.78, 5) is 25.7. The van der Waals surface area contributed by atoms with E-state index in [9.17, 15) is 14.7 Å². The van der Waals surface area contributed by atoms with Crippen molar-refractivity contribution in [2.45, 2.75) is 19.8 Å². The summed E-state index contributed by atoms with van der Waals surface area (Å²) >= 11 is 0. The molecule has 5 N–H and O–H groups in total. The molecule has 0 saturated heterocycles. The molecular weight excluding hydrogens is 394 g/mol. The van der Waals surface area contributed by atoms with Gasteiger partial charge >= 0.3 is 0 Å². The largest absolute Gasteiger partial charge is 0.505 e. The molecule has 0 aliphatic rings. The molecule has 1 aromatic heterocycles. The van der Waals surface area contributed by atoms with E-state index in [2.05, 4.69) is 10.2 Å². The van der Waals surface area contributed by atoms with Crippen LogP contribution in [0, 0.1) is 0 Å². The minimum atomic E-state index is -0.838. The molecule has 0 saturated carbocycles. The number of nitrogens with zero attached hydrogens (tertiary/aromatic N) is 3. The Morgan fingerprint density at radius 1 is 0.935 bits per heavy atom. The van der Waals surface area contributed by atoms with Crippen LogP contribution >= 0.6 is 0 Å². The second-order valence-electron chi connectivity index (χ2n) is 7.21. The second-order valence-corrected chi connectivity index (χ2v) is 7.21. The zero-order chi connectivity index (χ0) is 22.1. The van der Waals surface area contributed by atoms with Crippen molar-refractivity contribution in [3.63, 3.8) is 0 Å². The van der Waals surface area contributed by atoms with Crippen molar-refractivity contribution < 1.29 is 14.7 Å². The van der Waals surface area contributed by atoms with Gasteiger partial charge in [0.15, 0.2) is 5.75 Å². The van der Waals surface area contributed by atoms with Gasteiger partial charge in [-0.15, -0.1) is 15.0 Å². The number of nitrogens with two attached hydrogens (primary N) is 2. The summed E-state index contributed by atoms with van der Waals surface area (Å²) in [6, 6.07) is 16.4. The van der Waals surface area contributed by atoms with E-state index < -0.39 is 17.6 Å². The van der Waals surface area contributed by atoms with Crippen molar-refractivity contribution in [2.75, 3.05) is 0 Å². The number of rotatable bonds is 6. The molecule has 2 amide bonds. The maximum absolute atomic E-state index is 12.5. The molecular formula is C23H21N5O3. The van der Waals surface area contributed by atoms with E-state index in [1.54, 1.807) is 24.3 Å². The number of hydrogen-bond donors (Lipinski definition) is 3. The lowest BCUT2D eigenvalue weighted by Gasteiger charge is -2.16. The average molecular weight is 415 g/mol. The Bertz CT molecular complexity index is 1290. The number of benzene rings is 3. The molecule has 4 rings (SSSR count). The number of primary amides is 2. The van der Waals surface area contributed by atoms with E-state index in [1.807, 2.05) is 31.2 Å². The lowest BCUT2D eigenvalue weighted by Crippen LogP contribution is -2.21. The molecule has 0 aliphatic heterocycles. The highest BCUT2D eigenvalue weighted by atomic mass is 16.3. The standard InChI is InChI=1S/C23H21N5O3/c1-2-13-6-5-7-14(10-13)11-15-12-16(22(24)30)21(29)20(19(15)23(25)31)28-26-17-8-3-4-9-18(17)27-28/h3-10,12,29H,2,11H2,1H3,(H2,24,30)(H2,25,31). The zero-order valence-electron chi connectivity index (χ0n) is 16.9. The van der Waals surface area contributed by atoms with Gasteiger partial charge in [0, 0.05) is 0 Å². The van der Waals surface area contributed by atoms with Crippen LogP contribution in [0.2, 0.25) is 0 Å². The maximum Gasteiger partial charge on any atom is 0.252 e. The highest BCUT2D eigenvalue weighted by Crippen LogP contribution is 2.33. The normalized spacial score (nSPS) is 11.0. The van der Waals surface area contributed by atoms with E-state index in [4.69, 9.17) is 11.5 Å². The molecule has 0 aliphatic carbocycles. The molecule has 8 nitrogen and oxygen atoms in total. The highest BCUT2D eigenvalue weighted by molar-refractivity contribution is 6.04. The molecule has 0 atom stereocenters. The molecule has 3 aromatic carbocycles. The monoisotopic (exact) mass is 415 g/mol. The van der Waals surface area contributed by atoms with Crippen LogP contribution in [-0.4, -0.2) is 31.9 Å². The Morgan fingerprint density at radius 3 is 2.16 bits per heavy atom. The molecule has 4 aromatic rings. The van der Waals surface area contributed by atoms with E-state index in [0.717, 1.165) is 22.3 Å². The minimum absolute atomic E-state index is 0.0321. The van der Waals surface area contributed by atoms with Crippen LogP contribution in [0.4, 0.5) is 0 Å². The van der Waals surface area contributed by atoms with E-state index in [-0.39, 0.29) is 16.8 Å². The SMILES string of the molecule is CCc1cccc(Cc2cc(C(N)=O)c(O)c(-n3nc4ccccc4n3)c2C(N)=O)c1. The van der Waals surface area contributed by atoms with Crippen LogP contribution in [-0.2, 0) is 12.8 Å². The van der Waals surface area contributed by atoms with Gasteiger partial charge in [0.05, 0.1) is 11.1 Å². The first-order valence-corrected chi connectivity index (χ1v) is 9.77. The van der Waals surface area contributed by atoms with E-state index >= 15 is 0 Å². The lowest BCUT2D eigenvalue weighted by molar-refractivity contribution is 0.0984. The Hall–Kier alpha value is -4.20. The van der Waals surface area contributed by atoms with Crippen molar-refractivity contribution in [2.24, 2.45) is 11.5 Å². The lowest BCUT2D eigenvalue weighted by atomic mass is 9.93. The molecule has 0 bridgehead atoms. The van der Waals surface area contributed by atoms with Crippen LogP contribution in [0.15, 0.2) is 54.6 Å². The third-order valence-corrected chi connectivity index (χ3v) is 5.15. The number of aryl methyl sites for hydroxylation is 1. The topological polar surface area (TPSA) is 137 Å². The summed E-state index contributed by atoms with van der Waals surface area (Å²) in [5, 5.41) is 19.5. The van der Waals surface area contributed by atoms with Gasteiger partial charge in [-0.2, -0.15) is 0 Å². The molecule has 1 heterocycles. The highest BCUT2D eigenvalue weighted by Gasteiger charge is 2.26. The third kappa shape index (κ3) is 3.71. The van der Waals surface area contributed by atoms with E-state index in [0.29, 0.717) is 23.0 Å². The van der Waals surface area contributed by atoms with Crippen molar-refractivity contribution >= 4 is 22.8 Å². The predicted octanol–water partition coefficient (Wildman–Crippen LogP) is 2.48. The molecule has 0 unspecified atom stereocenters. The molecule has 0 spiro atoms. The first-order valence-electron chi connectivity index (χ1n) is 9.77. The van der Waals surface area contributed by atoms with Crippen LogP contribution in [0.5, 0.6) is 5.75 Å². The molecule has 0 radical (unpaired) electrons. The van der Waals surface area contributed by atoms with Gasteiger partial charge in [-0.1, -0.05) is 43.3 Å². The fourth-order valence-electron chi connectivity index (χ4n) is 3.65. The summed E-state index contributed by atoms with van der Waals surface area (Å²) in [6.45, 7) is 2.05. The summed E-state index contributed by atoms with van der Waals surface area (Å²) in [7, 11) is 0. The average Bonchev–Trinajstić information content (AvgIpc) is 3.18. The van der Waals surface area contributed by atoms with E-state index in [1.165, 1.54) is 6.07 Å². The summed E-state index contributed by atoms with van der Waals surface area (Å²) < 4.78 is 0. The Balaban J connectivity index is 1.98. The van der Waals surface area contributed by atoms with Gasteiger partial charge in [0.25, 0.3) is 11.8 Å². The van der Waals surface area contributed by atoms with Crippen LogP contribution in [0.25, 0.3) is 16.7 Å². The van der Waals surface area contributed by atoms with Crippen LogP contribution < -0.4 is 11.5 Å². The Kier molecular flexibility index (Phi) is 5.12. The number of aromatic hydroxyl groups is 1. The van der Waals surface area contributed by atoms with Crippen LogP contribution in [0.1, 0.15) is 44.3 Å². The zero-order valence-corrected chi connectivity index (χ0v) is 16.9. The predicted molar refractivity (Wildman–Crippen MR) is 116 cm³/mol. The van der Waals surface area contributed by atoms with Gasteiger partial charge in [-0.3, -0.25) is 9.59 Å². The maximum atomic E-state index is 12.5. The summed E-state index contributed by atoms with van der Waals surface area (Å²) in [5.41, 5.74) is 14.7. The first-order chi connectivity index (χ1) is 14.9. The molecule has 8 heteroatoms. The number of amides is 2. The number of fused-ring (bicyclic) bond motifs is 1. The molecule has 156 valence electrons. The Morgan fingerprint density at radius 2 is 1.58 bits per heavy atom.